The zero-order valence-electron chi connectivity index (χ0n) is 33.5. The summed E-state index contributed by atoms with van der Waals surface area (Å²) in [6.07, 6.45) is 0. The maximum Gasteiger partial charge on any atom is 0.399 e. The monoisotopic (exact) mass is 826 g/mol. The zero-order chi connectivity index (χ0) is 37.6. The fraction of sp³-hybridized carbons (Fsp3) is 0.250. The Morgan fingerprint density at radius 2 is 0.528 bits per heavy atom. The Labute approximate surface area is 329 Å². The van der Waals surface area contributed by atoms with Crippen molar-refractivity contribution in [2.24, 2.45) is 0 Å². The predicted octanol–water partition coefficient (Wildman–Crippen LogP) is 14.6. The van der Waals surface area contributed by atoms with Gasteiger partial charge in [0.2, 0.25) is 0 Å². The van der Waals surface area contributed by atoms with Gasteiger partial charge in [-0.3, -0.25) is 0 Å². The topological polar surface area (TPSA) is 0 Å². The van der Waals surface area contributed by atoms with Gasteiger partial charge in [-0.1, -0.05) is 0 Å². The minimum atomic E-state index is -0.901. The van der Waals surface area contributed by atoms with Crippen LogP contribution in [0, 0.1) is 83.1 Å². The molecule has 0 atom stereocenters. The standard InChI is InChI=1S/C48H50Ge.H2P4/c1-27-19-31(5)43(32(6)20-27)39-15-13-16-40(44-33(7)21-28(2)22-34(44)8)47(39)49-48-41(45-35(9)23-29(3)24-36(45)10)17-14-18-42(48)46-37(11)25-30(4)26-38(46)12;1-2-3(1)4(1)2/h13-26H,1-12H3;1-2H/q;+2. The van der Waals surface area contributed by atoms with Crippen LogP contribution in [0.1, 0.15) is 66.8 Å². The molecule has 4 fully saturated rings. The normalized spacial score (nSPS) is 18.6. The van der Waals surface area contributed by atoms with Crippen LogP contribution in [0.3, 0.4) is 0 Å². The number of benzene rings is 6. The summed E-state index contributed by atoms with van der Waals surface area (Å²) < 4.78 is 3.04. The molecule has 0 bridgehead atoms. The minimum absolute atomic E-state index is 0.852. The average Bonchev–Trinajstić information content (AvgIpc) is 3.89. The summed E-state index contributed by atoms with van der Waals surface area (Å²) in [6, 6.07) is 33.1. The summed E-state index contributed by atoms with van der Waals surface area (Å²) in [6.45, 7) is 31.2. The second kappa shape index (κ2) is 14.3. The van der Waals surface area contributed by atoms with Gasteiger partial charge in [-0.2, -0.15) is 0 Å². The molecule has 4 aliphatic heterocycles. The molecule has 0 aromatic heterocycles. The van der Waals surface area contributed by atoms with Gasteiger partial charge in [0.25, 0.3) is 14.0 Å². The Morgan fingerprint density at radius 3 is 0.698 bits per heavy atom. The van der Waals surface area contributed by atoms with Crippen molar-refractivity contribution in [3.63, 3.8) is 0 Å². The molecule has 0 spiro atoms. The van der Waals surface area contributed by atoms with Crippen LogP contribution in [-0.2, 0) is 0 Å². The summed E-state index contributed by atoms with van der Waals surface area (Å²) in [5.74, 6) is 0. The number of hydrogen-bond donors (Lipinski definition) is 0. The molecule has 2 radical (unpaired) electrons. The van der Waals surface area contributed by atoms with Gasteiger partial charge >= 0.3 is 317 Å². The molecular weight excluding hydrogens is 773 g/mol. The van der Waals surface area contributed by atoms with Crippen molar-refractivity contribution in [2.45, 2.75) is 83.1 Å². The maximum absolute atomic E-state index is 2.40. The quantitative estimate of drug-likeness (QED) is 0.116. The van der Waals surface area contributed by atoms with Crippen LogP contribution >= 0.6 is 27.9 Å². The summed E-state index contributed by atoms with van der Waals surface area (Å²) >= 11 is -0.901. The molecule has 0 nitrogen and oxygen atoms in total. The van der Waals surface area contributed by atoms with Crippen molar-refractivity contribution in [1.29, 1.82) is 0 Å². The molecule has 4 aliphatic rings. The third-order valence-corrected chi connectivity index (χ3v) is 73.5. The fourth-order valence-electron chi connectivity index (χ4n) is 9.19. The molecule has 0 saturated carbocycles. The van der Waals surface area contributed by atoms with E-state index in [0.717, 1.165) is 27.9 Å². The second-order valence-corrected chi connectivity index (χ2v) is 51.6. The van der Waals surface area contributed by atoms with Crippen LogP contribution in [0.2, 0.25) is 0 Å². The van der Waals surface area contributed by atoms with Crippen molar-refractivity contribution < 1.29 is 0 Å². The molecule has 4 saturated heterocycles. The largest absolute Gasteiger partial charge is 0.399 e. The first kappa shape index (κ1) is 37.5. The zero-order valence-corrected chi connectivity index (χ0v) is 39.4. The van der Waals surface area contributed by atoms with E-state index in [9.17, 15) is 0 Å². The Morgan fingerprint density at radius 1 is 0.340 bits per heavy atom. The molecule has 10 rings (SSSR count). The predicted molar refractivity (Wildman–Crippen MR) is 247 cm³/mol. The van der Waals surface area contributed by atoms with Crippen molar-refractivity contribution in [3.05, 3.63) is 152 Å². The summed E-state index contributed by atoms with van der Waals surface area (Å²) in [5, 5.41) is 0. The SMILES string of the molecule is Cc1cc(C)c(-c2cccc(-c3c(C)cc(C)cc3C)[c]2[Ge][c]2c(-c3c(C)cc(C)cc3C)cccc2-c2c(C)cc(C)cc2C)c(C)c1.P12P3[PH+]1[PH+]23. The van der Waals surface area contributed by atoms with E-state index in [0.29, 0.717) is 0 Å². The first-order valence-electron chi connectivity index (χ1n) is 19.0. The van der Waals surface area contributed by atoms with Gasteiger partial charge in [0.15, 0.2) is 0 Å². The van der Waals surface area contributed by atoms with E-state index < -0.39 is 15.4 Å². The third-order valence-electron chi connectivity index (χ3n) is 11.2. The molecule has 0 N–H and O–H groups in total. The van der Waals surface area contributed by atoms with E-state index in [2.05, 4.69) is 168 Å². The fourth-order valence-corrected chi connectivity index (χ4v) is 93.4. The van der Waals surface area contributed by atoms with Gasteiger partial charge in [-0.05, 0) is 0 Å². The Hall–Kier alpha value is -2.42. The average molecular weight is 825 g/mol. The van der Waals surface area contributed by atoms with Gasteiger partial charge in [0, 0.05) is 0 Å². The van der Waals surface area contributed by atoms with Crippen LogP contribution in [0.5, 0.6) is 0 Å². The summed E-state index contributed by atoms with van der Waals surface area (Å²) in [5.41, 5.74) is 27.2. The Balaban J connectivity index is 0.000000908. The molecule has 0 unspecified atom stereocenters. The first-order chi connectivity index (χ1) is 25.2. The molecule has 0 aliphatic carbocycles. The van der Waals surface area contributed by atoms with E-state index >= 15 is 0 Å². The molecule has 6 aromatic rings. The van der Waals surface area contributed by atoms with Crippen molar-refractivity contribution in [3.8, 4) is 44.5 Å². The van der Waals surface area contributed by atoms with Gasteiger partial charge in [0.05, 0.1) is 0 Å². The molecule has 53 heavy (non-hydrogen) atoms. The third kappa shape index (κ3) is 7.12. The smallest absolute Gasteiger partial charge is 0.277 e. The van der Waals surface area contributed by atoms with E-state index in [-0.39, 0.29) is 0 Å². The van der Waals surface area contributed by atoms with Gasteiger partial charge in [-0.25, -0.2) is 0 Å². The second-order valence-electron chi connectivity index (χ2n) is 15.9. The van der Waals surface area contributed by atoms with Crippen LogP contribution in [0.15, 0.2) is 84.9 Å². The summed E-state index contributed by atoms with van der Waals surface area (Å²) in [7, 11) is 0. The van der Waals surface area contributed by atoms with E-state index in [4.69, 9.17) is 0 Å². The van der Waals surface area contributed by atoms with E-state index in [1.54, 1.807) is 0 Å². The van der Waals surface area contributed by atoms with E-state index in [1.165, 1.54) is 120 Å². The van der Waals surface area contributed by atoms with Crippen molar-refractivity contribution in [2.75, 3.05) is 0 Å². The van der Waals surface area contributed by atoms with Crippen LogP contribution < -0.4 is 8.79 Å². The molecule has 5 heteroatoms. The first-order valence-corrected chi connectivity index (χ1v) is 31.8. The molecular formula is C48H52GeP4+2. The number of rotatable bonds is 6. The maximum atomic E-state index is 2.40. The van der Waals surface area contributed by atoms with Crippen LogP contribution in [0.4, 0.5) is 0 Å². The summed E-state index contributed by atoms with van der Waals surface area (Å²) in [4.78, 5) is 0. The number of hydrogen-bond acceptors (Lipinski definition) is 0. The van der Waals surface area contributed by atoms with E-state index in [1.807, 2.05) is 0 Å². The molecule has 266 valence electrons. The molecule has 6 aromatic carbocycles. The van der Waals surface area contributed by atoms with Crippen LogP contribution in [0.25, 0.3) is 44.5 Å². The molecule has 4 heterocycles. The Kier molecular flexibility index (Phi) is 10.1. The minimum Gasteiger partial charge on any atom is 0.277 e. The van der Waals surface area contributed by atoms with Gasteiger partial charge in [-0.15, -0.1) is 0 Å². The molecule has 0 amide bonds. The van der Waals surface area contributed by atoms with Gasteiger partial charge < -0.3 is 0 Å². The Bertz CT molecular complexity index is 2050. The van der Waals surface area contributed by atoms with Crippen molar-refractivity contribution >= 4 is 52.2 Å². The van der Waals surface area contributed by atoms with Crippen molar-refractivity contribution in [1.82, 2.24) is 0 Å². The van der Waals surface area contributed by atoms with Crippen LogP contribution in [-0.4, -0.2) is 15.4 Å². The number of aryl methyl sites for hydroxylation is 12. The van der Waals surface area contributed by atoms with Gasteiger partial charge in [0.1, 0.15) is 0 Å².